The van der Waals surface area contributed by atoms with Crippen molar-refractivity contribution in [3.8, 4) is 5.75 Å². The van der Waals surface area contributed by atoms with Crippen molar-refractivity contribution in [1.82, 2.24) is 14.8 Å². The number of aromatic nitrogens is 3. The molecule has 5 heteroatoms. The normalized spacial score (nSPS) is 11.1. The lowest BCUT2D eigenvalue weighted by Gasteiger charge is -2.13. The van der Waals surface area contributed by atoms with Crippen molar-refractivity contribution in [2.24, 2.45) is 12.8 Å². The Labute approximate surface area is 119 Å². The molecule has 0 aliphatic carbocycles. The summed E-state index contributed by atoms with van der Waals surface area (Å²) in [6, 6.07) is 6.24. The second kappa shape index (κ2) is 6.05. The second-order valence-corrected chi connectivity index (χ2v) is 5.18. The summed E-state index contributed by atoms with van der Waals surface area (Å²) in [4.78, 5) is 4.44. The summed E-state index contributed by atoms with van der Waals surface area (Å²) in [6.45, 7) is 4.73. The van der Waals surface area contributed by atoms with Crippen LogP contribution in [0.15, 0.2) is 18.2 Å². The van der Waals surface area contributed by atoms with Gasteiger partial charge >= 0.3 is 0 Å². The number of hydrogen-bond acceptors (Lipinski definition) is 4. The SMILES string of the molecule is COc1ccc(Cc2nc(CN)n(C)n2)cc1C(C)C. The molecule has 108 valence electrons. The number of ether oxygens (including phenoxy) is 1. The molecule has 0 aliphatic heterocycles. The zero-order valence-corrected chi connectivity index (χ0v) is 12.6. The number of rotatable bonds is 5. The highest BCUT2D eigenvalue weighted by Gasteiger charge is 2.11. The monoisotopic (exact) mass is 274 g/mol. The average Bonchev–Trinajstić information content (AvgIpc) is 2.78. The molecule has 2 rings (SSSR count). The van der Waals surface area contributed by atoms with Gasteiger partial charge in [-0.15, -0.1) is 0 Å². The number of nitrogens with two attached hydrogens (primary N) is 1. The highest BCUT2D eigenvalue weighted by molar-refractivity contribution is 5.40. The Balaban J connectivity index is 2.26. The van der Waals surface area contributed by atoms with Gasteiger partial charge in [0, 0.05) is 13.5 Å². The first-order valence-corrected chi connectivity index (χ1v) is 6.80. The van der Waals surface area contributed by atoms with Crippen molar-refractivity contribution in [3.05, 3.63) is 41.0 Å². The maximum Gasteiger partial charge on any atom is 0.155 e. The van der Waals surface area contributed by atoms with Crippen molar-refractivity contribution < 1.29 is 4.74 Å². The molecule has 0 aliphatic rings. The molecule has 5 nitrogen and oxygen atoms in total. The molecule has 20 heavy (non-hydrogen) atoms. The van der Waals surface area contributed by atoms with E-state index in [0.29, 0.717) is 18.9 Å². The van der Waals surface area contributed by atoms with Crippen LogP contribution < -0.4 is 10.5 Å². The molecule has 1 aromatic carbocycles. The van der Waals surface area contributed by atoms with E-state index >= 15 is 0 Å². The summed E-state index contributed by atoms with van der Waals surface area (Å²) in [7, 11) is 3.57. The summed E-state index contributed by atoms with van der Waals surface area (Å²) in [5, 5.41) is 4.39. The smallest absolute Gasteiger partial charge is 0.155 e. The quantitative estimate of drug-likeness (QED) is 0.905. The van der Waals surface area contributed by atoms with E-state index in [4.69, 9.17) is 10.5 Å². The first-order chi connectivity index (χ1) is 9.55. The first kappa shape index (κ1) is 14.5. The molecule has 0 saturated heterocycles. The van der Waals surface area contributed by atoms with Crippen LogP contribution in [0, 0.1) is 0 Å². The summed E-state index contributed by atoms with van der Waals surface area (Å²) >= 11 is 0. The minimum absolute atomic E-state index is 0.406. The molecule has 0 atom stereocenters. The summed E-state index contributed by atoms with van der Waals surface area (Å²) in [6.07, 6.45) is 0.706. The van der Waals surface area contributed by atoms with Gasteiger partial charge in [-0.25, -0.2) is 4.98 Å². The lowest BCUT2D eigenvalue weighted by Crippen LogP contribution is -2.05. The molecule has 0 spiro atoms. The number of hydrogen-bond donors (Lipinski definition) is 1. The number of benzene rings is 1. The largest absolute Gasteiger partial charge is 0.496 e. The summed E-state index contributed by atoms with van der Waals surface area (Å²) in [5.74, 6) is 2.95. The summed E-state index contributed by atoms with van der Waals surface area (Å²) in [5.41, 5.74) is 8.01. The molecule has 1 aromatic heterocycles. The summed E-state index contributed by atoms with van der Waals surface area (Å²) < 4.78 is 7.14. The minimum Gasteiger partial charge on any atom is -0.496 e. The molecule has 2 N–H and O–H groups in total. The molecule has 0 amide bonds. The lowest BCUT2D eigenvalue weighted by atomic mass is 9.98. The van der Waals surface area contributed by atoms with Gasteiger partial charge in [-0.2, -0.15) is 5.10 Å². The Hall–Kier alpha value is -1.88. The molecule has 0 bridgehead atoms. The van der Waals surface area contributed by atoms with Crippen molar-refractivity contribution in [3.63, 3.8) is 0 Å². The second-order valence-electron chi connectivity index (χ2n) is 5.18. The molecule has 0 saturated carbocycles. The number of nitrogens with zero attached hydrogens (tertiary/aromatic N) is 3. The third-order valence-electron chi connectivity index (χ3n) is 3.36. The van der Waals surface area contributed by atoms with Crippen LogP contribution in [0.4, 0.5) is 0 Å². The van der Waals surface area contributed by atoms with Crippen LogP contribution in [0.1, 0.15) is 42.5 Å². The first-order valence-electron chi connectivity index (χ1n) is 6.80. The van der Waals surface area contributed by atoms with Crippen LogP contribution in [0.25, 0.3) is 0 Å². The van der Waals surface area contributed by atoms with E-state index < -0.39 is 0 Å². The third kappa shape index (κ3) is 2.99. The Morgan fingerprint density at radius 2 is 2.10 bits per heavy atom. The van der Waals surface area contributed by atoms with Crippen LogP contribution in [0.3, 0.4) is 0 Å². The maximum absolute atomic E-state index is 5.62. The van der Waals surface area contributed by atoms with Crippen LogP contribution in [-0.2, 0) is 20.0 Å². The highest BCUT2D eigenvalue weighted by atomic mass is 16.5. The van der Waals surface area contributed by atoms with E-state index in [-0.39, 0.29) is 0 Å². The Kier molecular flexibility index (Phi) is 4.39. The Bertz CT molecular complexity index is 590. The van der Waals surface area contributed by atoms with E-state index in [1.54, 1.807) is 11.8 Å². The molecular formula is C15H22N4O. The number of methoxy groups -OCH3 is 1. The zero-order chi connectivity index (χ0) is 14.7. The van der Waals surface area contributed by atoms with E-state index in [1.807, 2.05) is 13.1 Å². The zero-order valence-electron chi connectivity index (χ0n) is 12.6. The van der Waals surface area contributed by atoms with Crippen molar-refractivity contribution >= 4 is 0 Å². The van der Waals surface area contributed by atoms with E-state index in [1.165, 1.54) is 11.1 Å². The van der Waals surface area contributed by atoms with Gasteiger partial charge in [0.05, 0.1) is 13.7 Å². The van der Waals surface area contributed by atoms with Crippen LogP contribution in [0.2, 0.25) is 0 Å². The third-order valence-corrected chi connectivity index (χ3v) is 3.36. The highest BCUT2D eigenvalue weighted by Crippen LogP contribution is 2.27. The van der Waals surface area contributed by atoms with E-state index in [9.17, 15) is 0 Å². The van der Waals surface area contributed by atoms with E-state index in [0.717, 1.165) is 17.4 Å². The van der Waals surface area contributed by atoms with Gasteiger partial charge in [0.15, 0.2) is 5.82 Å². The molecule has 0 fully saturated rings. The van der Waals surface area contributed by atoms with Gasteiger partial charge in [0.1, 0.15) is 11.6 Å². The molecule has 0 unspecified atom stereocenters. The van der Waals surface area contributed by atoms with Crippen molar-refractivity contribution in [2.45, 2.75) is 32.7 Å². The predicted octanol–water partition coefficient (Wildman–Crippen LogP) is 2.00. The fourth-order valence-electron chi connectivity index (χ4n) is 2.25. The Morgan fingerprint density at radius 1 is 1.35 bits per heavy atom. The van der Waals surface area contributed by atoms with Crippen LogP contribution in [-0.4, -0.2) is 21.9 Å². The van der Waals surface area contributed by atoms with Crippen molar-refractivity contribution in [2.75, 3.05) is 7.11 Å². The predicted molar refractivity (Wildman–Crippen MR) is 78.8 cm³/mol. The Morgan fingerprint density at radius 3 is 2.65 bits per heavy atom. The average molecular weight is 274 g/mol. The van der Waals surface area contributed by atoms with Crippen LogP contribution >= 0.6 is 0 Å². The van der Waals surface area contributed by atoms with Gasteiger partial charge in [-0.05, 0) is 23.1 Å². The standard InChI is InChI=1S/C15H22N4O/c1-10(2)12-7-11(5-6-13(12)20-4)8-14-17-15(9-16)19(3)18-14/h5-7,10H,8-9,16H2,1-4H3. The minimum atomic E-state index is 0.406. The molecule has 1 heterocycles. The van der Waals surface area contributed by atoms with Crippen molar-refractivity contribution in [1.29, 1.82) is 0 Å². The van der Waals surface area contributed by atoms with Gasteiger partial charge in [0.2, 0.25) is 0 Å². The topological polar surface area (TPSA) is 66.0 Å². The lowest BCUT2D eigenvalue weighted by molar-refractivity contribution is 0.407. The van der Waals surface area contributed by atoms with Crippen LogP contribution in [0.5, 0.6) is 5.75 Å². The fraction of sp³-hybridized carbons (Fsp3) is 0.467. The number of aryl methyl sites for hydroxylation is 1. The fourth-order valence-corrected chi connectivity index (χ4v) is 2.25. The van der Waals surface area contributed by atoms with Gasteiger partial charge in [-0.3, -0.25) is 4.68 Å². The van der Waals surface area contributed by atoms with E-state index in [2.05, 4.69) is 36.1 Å². The molecule has 0 radical (unpaired) electrons. The van der Waals surface area contributed by atoms with Gasteiger partial charge in [0.25, 0.3) is 0 Å². The molecular weight excluding hydrogens is 252 g/mol. The molecule has 2 aromatic rings. The van der Waals surface area contributed by atoms with Gasteiger partial charge in [-0.1, -0.05) is 26.0 Å². The van der Waals surface area contributed by atoms with Gasteiger partial charge < -0.3 is 10.5 Å². The maximum atomic E-state index is 5.62.